The molecule has 1 saturated heterocycles. The van der Waals surface area contributed by atoms with E-state index in [4.69, 9.17) is 10.5 Å². The number of amides is 1. The van der Waals surface area contributed by atoms with Gasteiger partial charge >= 0.3 is 0 Å². The number of anilines is 1. The molecule has 0 saturated carbocycles. The summed E-state index contributed by atoms with van der Waals surface area (Å²) < 4.78 is 0. The van der Waals surface area contributed by atoms with Gasteiger partial charge in [-0.2, -0.15) is 10.5 Å². The quantitative estimate of drug-likeness (QED) is 0.859. The Labute approximate surface area is 112 Å². The van der Waals surface area contributed by atoms with Crippen molar-refractivity contribution >= 4 is 11.6 Å². The Hall–Kier alpha value is -2.37. The van der Waals surface area contributed by atoms with Crippen molar-refractivity contribution in [3.05, 3.63) is 29.8 Å². The SMILES string of the molecule is CC1CN(c2cccc(C#N)c2)C(=O)C(CC#N)N1. The summed E-state index contributed by atoms with van der Waals surface area (Å²) in [6, 6.07) is 10.7. The normalized spacial score (nSPS) is 22.7. The fourth-order valence-corrected chi connectivity index (χ4v) is 2.23. The number of piperazine rings is 1. The number of benzene rings is 1. The van der Waals surface area contributed by atoms with Crippen molar-refractivity contribution < 1.29 is 4.79 Å². The third kappa shape index (κ3) is 2.73. The molecule has 1 aliphatic rings. The molecule has 0 radical (unpaired) electrons. The molecule has 1 heterocycles. The number of carbonyl (C=O) groups is 1. The first-order valence-electron chi connectivity index (χ1n) is 6.10. The van der Waals surface area contributed by atoms with Gasteiger partial charge in [0.15, 0.2) is 0 Å². The molecule has 2 unspecified atom stereocenters. The standard InChI is InChI=1S/C14H14N4O/c1-10-9-18(14(19)13(17-10)5-6-15)12-4-2-3-11(7-12)8-16/h2-4,7,10,13,17H,5,9H2,1H3. The van der Waals surface area contributed by atoms with Crippen LogP contribution in [0.3, 0.4) is 0 Å². The summed E-state index contributed by atoms with van der Waals surface area (Å²) in [5, 5.41) is 20.8. The Morgan fingerprint density at radius 2 is 2.26 bits per heavy atom. The molecular weight excluding hydrogens is 240 g/mol. The lowest BCUT2D eigenvalue weighted by Crippen LogP contribution is -2.59. The summed E-state index contributed by atoms with van der Waals surface area (Å²) in [6.45, 7) is 2.51. The Kier molecular flexibility index (Phi) is 3.79. The van der Waals surface area contributed by atoms with Gasteiger partial charge in [0.2, 0.25) is 5.91 Å². The largest absolute Gasteiger partial charge is 0.309 e. The zero-order valence-corrected chi connectivity index (χ0v) is 10.6. The van der Waals surface area contributed by atoms with Crippen molar-refractivity contribution in [1.82, 2.24) is 5.32 Å². The van der Waals surface area contributed by atoms with Gasteiger partial charge in [0.1, 0.15) is 6.04 Å². The van der Waals surface area contributed by atoms with Crippen LogP contribution < -0.4 is 10.2 Å². The maximum Gasteiger partial charge on any atom is 0.245 e. The minimum absolute atomic E-state index is 0.113. The van der Waals surface area contributed by atoms with E-state index in [1.54, 1.807) is 29.2 Å². The van der Waals surface area contributed by atoms with Gasteiger partial charge in [-0.15, -0.1) is 0 Å². The molecule has 1 aromatic carbocycles. The third-order valence-corrected chi connectivity index (χ3v) is 3.09. The lowest BCUT2D eigenvalue weighted by Gasteiger charge is -2.36. The third-order valence-electron chi connectivity index (χ3n) is 3.09. The van der Waals surface area contributed by atoms with Crippen molar-refractivity contribution in [3.8, 4) is 12.1 Å². The van der Waals surface area contributed by atoms with Gasteiger partial charge in [-0.25, -0.2) is 0 Å². The van der Waals surface area contributed by atoms with Crippen molar-refractivity contribution in [2.24, 2.45) is 0 Å². The van der Waals surface area contributed by atoms with Crippen LogP contribution in [0.5, 0.6) is 0 Å². The zero-order valence-electron chi connectivity index (χ0n) is 10.6. The summed E-state index contributed by atoms with van der Waals surface area (Å²) in [5.41, 5.74) is 1.23. The van der Waals surface area contributed by atoms with E-state index in [2.05, 4.69) is 11.4 Å². The van der Waals surface area contributed by atoms with Crippen LogP contribution in [-0.4, -0.2) is 24.5 Å². The highest BCUT2D eigenvalue weighted by Gasteiger charge is 2.32. The van der Waals surface area contributed by atoms with Crippen LogP contribution in [0.1, 0.15) is 18.9 Å². The molecule has 96 valence electrons. The lowest BCUT2D eigenvalue weighted by molar-refractivity contribution is -0.122. The highest BCUT2D eigenvalue weighted by atomic mass is 16.2. The van der Waals surface area contributed by atoms with E-state index in [-0.39, 0.29) is 18.4 Å². The van der Waals surface area contributed by atoms with Gasteiger partial charge in [-0.1, -0.05) is 6.07 Å². The van der Waals surface area contributed by atoms with Crippen molar-refractivity contribution in [2.45, 2.75) is 25.4 Å². The molecule has 1 aromatic rings. The highest BCUT2D eigenvalue weighted by Crippen LogP contribution is 2.20. The van der Waals surface area contributed by atoms with E-state index in [1.807, 2.05) is 13.0 Å². The summed E-state index contributed by atoms with van der Waals surface area (Å²) in [7, 11) is 0. The fraction of sp³-hybridized carbons (Fsp3) is 0.357. The molecule has 5 heteroatoms. The molecule has 0 bridgehead atoms. The second-order valence-corrected chi connectivity index (χ2v) is 4.59. The number of hydrogen-bond donors (Lipinski definition) is 1. The van der Waals surface area contributed by atoms with Crippen LogP contribution in [-0.2, 0) is 4.79 Å². The number of nitrogens with zero attached hydrogens (tertiary/aromatic N) is 3. The molecule has 2 rings (SSSR count). The molecule has 1 N–H and O–H groups in total. The maximum atomic E-state index is 12.3. The topological polar surface area (TPSA) is 79.9 Å². The molecule has 1 aliphatic heterocycles. The highest BCUT2D eigenvalue weighted by molar-refractivity contribution is 5.98. The Morgan fingerprint density at radius 1 is 1.47 bits per heavy atom. The Morgan fingerprint density at radius 3 is 2.95 bits per heavy atom. The zero-order chi connectivity index (χ0) is 13.8. The molecule has 0 spiro atoms. The Balaban J connectivity index is 2.29. The predicted molar refractivity (Wildman–Crippen MR) is 70.1 cm³/mol. The van der Waals surface area contributed by atoms with Crippen molar-refractivity contribution in [3.63, 3.8) is 0 Å². The molecule has 0 aliphatic carbocycles. The van der Waals surface area contributed by atoms with E-state index in [9.17, 15) is 4.79 Å². The average Bonchev–Trinajstić information content (AvgIpc) is 2.43. The molecule has 0 aromatic heterocycles. The number of hydrogen-bond acceptors (Lipinski definition) is 4. The van der Waals surface area contributed by atoms with Crippen LogP contribution >= 0.6 is 0 Å². The van der Waals surface area contributed by atoms with Crippen molar-refractivity contribution in [1.29, 1.82) is 10.5 Å². The van der Waals surface area contributed by atoms with Gasteiger partial charge in [0.25, 0.3) is 0 Å². The first-order valence-corrected chi connectivity index (χ1v) is 6.10. The molecule has 1 amide bonds. The number of nitriles is 2. The van der Waals surface area contributed by atoms with Gasteiger partial charge in [-0.05, 0) is 25.1 Å². The second kappa shape index (κ2) is 5.51. The molecule has 2 atom stereocenters. The van der Waals surface area contributed by atoms with Crippen molar-refractivity contribution in [2.75, 3.05) is 11.4 Å². The predicted octanol–water partition coefficient (Wildman–Crippen LogP) is 1.17. The van der Waals surface area contributed by atoms with Crippen LogP contribution in [0.25, 0.3) is 0 Å². The van der Waals surface area contributed by atoms with Crippen LogP contribution in [0.4, 0.5) is 5.69 Å². The second-order valence-electron chi connectivity index (χ2n) is 4.59. The van der Waals surface area contributed by atoms with Gasteiger partial charge in [-0.3, -0.25) is 4.79 Å². The number of carbonyl (C=O) groups excluding carboxylic acids is 1. The summed E-state index contributed by atoms with van der Waals surface area (Å²) in [5.74, 6) is -0.116. The molecular formula is C14H14N4O. The molecule has 5 nitrogen and oxygen atoms in total. The van der Waals surface area contributed by atoms with Gasteiger partial charge < -0.3 is 10.2 Å². The van der Waals surface area contributed by atoms with E-state index >= 15 is 0 Å². The Bertz CT molecular complexity index is 570. The van der Waals surface area contributed by atoms with Crippen LogP contribution in [0.15, 0.2) is 24.3 Å². The van der Waals surface area contributed by atoms with Gasteiger partial charge in [0, 0.05) is 18.3 Å². The number of rotatable bonds is 2. The molecule has 1 fully saturated rings. The minimum Gasteiger partial charge on any atom is -0.309 e. The average molecular weight is 254 g/mol. The first kappa shape index (κ1) is 13.1. The maximum absolute atomic E-state index is 12.3. The minimum atomic E-state index is -0.473. The smallest absolute Gasteiger partial charge is 0.245 e. The van der Waals surface area contributed by atoms with Crippen LogP contribution in [0, 0.1) is 22.7 Å². The van der Waals surface area contributed by atoms with E-state index < -0.39 is 6.04 Å². The summed E-state index contributed by atoms with van der Waals surface area (Å²) in [6.07, 6.45) is 0.150. The van der Waals surface area contributed by atoms with Gasteiger partial charge in [0.05, 0.1) is 24.1 Å². The van der Waals surface area contributed by atoms with E-state index in [0.717, 1.165) is 0 Å². The van der Waals surface area contributed by atoms with E-state index in [1.165, 1.54) is 0 Å². The summed E-state index contributed by atoms with van der Waals surface area (Å²) in [4.78, 5) is 13.9. The number of nitrogens with one attached hydrogen (secondary N) is 1. The first-order chi connectivity index (χ1) is 9.15. The molecule has 19 heavy (non-hydrogen) atoms. The lowest BCUT2D eigenvalue weighted by atomic mass is 10.1. The summed E-state index contributed by atoms with van der Waals surface area (Å²) >= 11 is 0. The van der Waals surface area contributed by atoms with Crippen LogP contribution in [0.2, 0.25) is 0 Å². The van der Waals surface area contributed by atoms with E-state index in [0.29, 0.717) is 17.8 Å². The fourth-order valence-electron chi connectivity index (χ4n) is 2.23. The monoisotopic (exact) mass is 254 g/mol.